The van der Waals surface area contributed by atoms with Crippen LogP contribution in [0.5, 0.6) is 5.75 Å². The van der Waals surface area contributed by atoms with Crippen molar-refractivity contribution in [1.29, 1.82) is 0 Å². The van der Waals surface area contributed by atoms with E-state index >= 15 is 0 Å². The number of hydrazone groups is 1. The van der Waals surface area contributed by atoms with Gasteiger partial charge in [-0.25, -0.2) is 10.3 Å². The number of nitro benzene ring substituents is 1. The van der Waals surface area contributed by atoms with Crippen LogP contribution in [0.1, 0.15) is 33.7 Å². The number of nitrogens with one attached hydrogen (secondary N) is 1. The fraction of sp³-hybridized carbons (Fsp3) is 0.176. The molecule has 0 aromatic heterocycles. The number of methoxy groups -OCH3 is 1. The van der Waals surface area contributed by atoms with Crippen molar-refractivity contribution in [2.24, 2.45) is 16.9 Å². The number of amides is 3. The van der Waals surface area contributed by atoms with E-state index in [1.807, 2.05) is 48.5 Å². The van der Waals surface area contributed by atoms with Crippen molar-refractivity contribution in [2.45, 2.75) is 17.8 Å². The molecule has 0 radical (unpaired) electrons. The van der Waals surface area contributed by atoms with E-state index in [0.717, 1.165) is 22.3 Å². The summed E-state index contributed by atoms with van der Waals surface area (Å²) in [5, 5.41) is 15.4. The third-order valence-electron chi connectivity index (χ3n) is 8.98. The molecule has 10 nitrogen and oxygen atoms in total. The summed E-state index contributed by atoms with van der Waals surface area (Å²) in [7, 11) is 1.50. The highest BCUT2D eigenvalue weighted by Gasteiger charge is 2.68. The zero-order chi connectivity index (χ0) is 30.6. The third kappa shape index (κ3) is 3.87. The highest BCUT2D eigenvalue weighted by atomic mass is 16.6. The van der Waals surface area contributed by atoms with Gasteiger partial charge in [0, 0.05) is 24.3 Å². The molecule has 4 aliphatic rings. The second-order valence-corrected chi connectivity index (χ2v) is 11.1. The fourth-order valence-corrected chi connectivity index (χ4v) is 7.27. The maximum Gasteiger partial charge on any atom is 0.269 e. The van der Waals surface area contributed by atoms with Gasteiger partial charge < -0.3 is 4.74 Å². The van der Waals surface area contributed by atoms with E-state index in [1.54, 1.807) is 30.5 Å². The Morgan fingerprint density at radius 2 is 1.55 bits per heavy atom. The molecule has 3 amide bonds. The van der Waals surface area contributed by atoms with Gasteiger partial charge in [0.25, 0.3) is 5.69 Å². The number of nitro groups is 1. The van der Waals surface area contributed by atoms with Crippen LogP contribution in [0.2, 0.25) is 0 Å². The Morgan fingerprint density at radius 3 is 2.18 bits per heavy atom. The molecular formula is C34H26N4O6. The smallest absolute Gasteiger partial charge is 0.269 e. The number of carbonyl (C=O) groups is 3. The van der Waals surface area contributed by atoms with E-state index in [0.29, 0.717) is 17.0 Å². The van der Waals surface area contributed by atoms with Gasteiger partial charge in [-0.05, 0) is 39.9 Å². The van der Waals surface area contributed by atoms with Crippen molar-refractivity contribution in [3.05, 3.63) is 135 Å². The molecule has 2 atom stereocenters. The number of anilines is 1. The van der Waals surface area contributed by atoms with Crippen LogP contribution in [0.15, 0.2) is 102 Å². The van der Waals surface area contributed by atoms with Gasteiger partial charge in [-0.1, -0.05) is 72.8 Å². The molecule has 1 fully saturated rings. The van der Waals surface area contributed by atoms with E-state index in [-0.39, 0.29) is 29.8 Å². The Kier molecular flexibility index (Phi) is 6.35. The number of carbonyl (C=O) groups excluding carboxylic acids is 3. The van der Waals surface area contributed by atoms with E-state index in [4.69, 9.17) is 4.74 Å². The van der Waals surface area contributed by atoms with Crippen molar-refractivity contribution in [3.8, 4) is 5.75 Å². The first kappa shape index (κ1) is 27.2. The largest absolute Gasteiger partial charge is 0.495 e. The molecule has 0 spiro atoms. The molecule has 8 rings (SSSR count). The van der Waals surface area contributed by atoms with E-state index in [2.05, 4.69) is 10.5 Å². The lowest BCUT2D eigenvalue weighted by Gasteiger charge is -2.52. The zero-order valence-corrected chi connectivity index (χ0v) is 23.5. The van der Waals surface area contributed by atoms with Crippen molar-refractivity contribution in [2.75, 3.05) is 12.0 Å². The first-order chi connectivity index (χ1) is 21.4. The average molecular weight is 587 g/mol. The van der Waals surface area contributed by atoms with Gasteiger partial charge in [0.2, 0.25) is 17.7 Å². The van der Waals surface area contributed by atoms with Crippen LogP contribution >= 0.6 is 0 Å². The first-order valence-corrected chi connectivity index (χ1v) is 14.1. The summed E-state index contributed by atoms with van der Waals surface area (Å²) in [4.78, 5) is 53.4. The molecule has 218 valence electrons. The molecule has 1 saturated heterocycles. The van der Waals surface area contributed by atoms with Crippen LogP contribution in [0.25, 0.3) is 0 Å². The molecule has 2 bridgehead atoms. The fourth-order valence-electron chi connectivity index (χ4n) is 7.27. The summed E-state index contributed by atoms with van der Waals surface area (Å²) in [6, 6.07) is 28.2. The molecule has 1 heterocycles. The lowest BCUT2D eigenvalue weighted by molar-refractivity contribution is -0.384. The summed E-state index contributed by atoms with van der Waals surface area (Å²) in [5.74, 6) is -2.53. The topological polar surface area (TPSA) is 131 Å². The van der Waals surface area contributed by atoms with Gasteiger partial charge in [-0.2, -0.15) is 5.10 Å². The Labute approximate surface area is 252 Å². The Morgan fingerprint density at radius 1 is 0.932 bits per heavy atom. The minimum absolute atomic E-state index is 0.0529. The predicted octanol–water partition coefficient (Wildman–Crippen LogP) is 4.50. The number of hydrogen-bond donors (Lipinski definition) is 1. The number of hydrogen-bond acceptors (Lipinski definition) is 7. The SMILES string of the molecule is COc1ccccc1N1C(=O)[C@@H]2[C@@H](C1=O)C1c3ccccc3C2(/C=N\NC(=O)Cc2ccc([N+](=O)[O-])cc2)c2ccccc21. The molecule has 44 heavy (non-hydrogen) atoms. The summed E-state index contributed by atoms with van der Waals surface area (Å²) in [6.07, 6.45) is 1.55. The molecule has 1 N–H and O–H groups in total. The van der Waals surface area contributed by atoms with Gasteiger partial charge in [0.1, 0.15) is 5.75 Å². The van der Waals surface area contributed by atoms with Crippen molar-refractivity contribution in [3.63, 3.8) is 0 Å². The van der Waals surface area contributed by atoms with Crippen molar-refractivity contribution < 1.29 is 24.0 Å². The summed E-state index contributed by atoms with van der Waals surface area (Å²) in [5.41, 5.74) is 5.96. The maximum absolute atomic E-state index is 14.5. The predicted molar refractivity (Wildman–Crippen MR) is 161 cm³/mol. The minimum atomic E-state index is -1.14. The van der Waals surface area contributed by atoms with Crippen LogP contribution in [-0.4, -0.2) is 36.0 Å². The van der Waals surface area contributed by atoms with Crippen LogP contribution in [0.3, 0.4) is 0 Å². The second-order valence-electron chi connectivity index (χ2n) is 11.1. The molecule has 10 heteroatoms. The summed E-state index contributed by atoms with van der Waals surface area (Å²) >= 11 is 0. The molecule has 0 saturated carbocycles. The van der Waals surface area contributed by atoms with Crippen LogP contribution in [-0.2, 0) is 26.2 Å². The Balaban J connectivity index is 1.31. The highest BCUT2D eigenvalue weighted by molar-refractivity contribution is 6.25. The summed E-state index contributed by atoms with van der Waals surface area (Å²) in [6.45, 7) is 0. The number of ether oxygens (including phenoxy) is 1. The number of para-hydroxylation sites is 2. The van der Waals surface area contributed by atoms with Gasteiger partial charge in [-0.3, -0.25) is 24.5 Å². The monoisotopic (exact) mass is 586 g/mol. The molecule has 0 unspecified atom stereocenters. The maximum atomic E-state index is 14.5. The van der Waals surface area contributed by atoms with Gasteiger partial charge >= 0.3 is 0 Å². The van der Waals surface area contributed by atoms with E-state index in [1.165, 1.54) is 36.3 Å². The van der Waals surface area contributed by atoms with Gasteiger partial charge in [0.05, 0.1) is 41.4 Å². The standard InChI is InChI=1S/C34H26N4O6/c1-44-27-13-7-6-12-26(27)37-32(40)30-29-22-8-2-4-10-24(22)34(31(30)33(37)41,25-11-5-3-9-23(25)29)19-35-36-28(39)18-20-14-16-21(17-15-20)38(42)43/h2-17,19,29-31H,18H2,1H3,(H,36,39)/b35-19-/t29?,30-,31-,34?/m0/s1. The van der Waals surface area contributed by atoms with Gasteiger partial charge in [0.15, 0.2) is 0 Å². The number of rotatable bonds is 7. The normalized spacial score (nSPS) is 22.8. The number of benzene rings is 4. The lowest BCUT2D eigenvalue weighted by Crippen LogP contribution is -2.54. The average Bonchev–Trinajstić information content (AvgIpc) is 3.31. The third-order valence-corrected chi connectivity index (χ3v) is 8.98. The van der Waals surface area contributed by atoms with Crippen LogP contribution in [0, 0.1) is 22.0 Å². The Hall–Kier alpha value is -5.64. The quantitative estimate of drug-likeness (QED) is 0.147. The molecule has 3 aliphatic carbocycles. The van der Waals surface area contributed by atoms with Gasteiger partial charge in [-0.15, -0.1) is 0 Å². The molecule has 1 aliphatic heterocycles. The molecular weight excluding hydrogens is 560 g/mol. The van der Waals surface area contributed by atoms with Crippen molar-refractivity contribution in [1.82, 2.24) is 5.43 Å². The minimum Gasteiger partial charge on any atom is -0.495 e. The van der Waals surface area contributed by atoms with E-state index < -0.39 is 28.1 Å². The van der Waals surface area contributed by atoms with Crippen LogP contribution in [0.4, 0.5) is 11.4 Å². The number of nitrogens with zero attached hydrogens (tertiary/aromatic N) is 3. The number of non-ortho nitro benzene ring substituents is 1. The zero-order valence-electron chi connectivity index (χ0n) is 23.5. The lowest BCUT2D eigenvalue weighted by atomic mass is 9.47. The molecule has 4 aromatic rings. The highest BCUT2D eigenvalue weighted by Crippen LogP contribution is 2.63. The van der Waals surface area contributed by atoms with Crippen molar-refractivity contribution >= 4 is 35.3 Å². The first-order valence-electron chi connectivity index (χ1n) is 14.1. The number of imide groups is 1. The van der Waals surface area contributed by atoms with Crippen LogP contribution < -0.4 is 15.1 Å². The Bertz CT molecular complexity index is 1840. The van der Waals surface area contributed by atoms with E-state index in [9.17, 15) is 24.5 Å². The summed E-state index contributed by atoms with van der Waals surface area (Å²) < 4.78 is 5.53. The molecule has 4 aromatic carbocycles. The second kappa shape index (κ2) is 10.3.